The maximum Gasteiger partial charge on any atom is 0.243 e. The number of carbonyl (C=O) groups excluding carboxylic acids is 1. The zero-order valence-corrected chi connectivity index (χ0v) is 18.4. The molecule has 0 aliphatic carbocycles. The van der Waals surface area contributed by atoms with Gasteiger partial charge in [0.25, 0.3) is 0 Å². The fraction of sp³-hybridized carbons (Fsp3) is 0.579. The Balaban J connectivity index is 0.00000576. The third-order valence-corrected chi connectivity index (χ3v) is 3.77. The first-order valence-electron chi connectivity index (χ1n) is 8.70. The quantitative estimate of drug-likeness (QED) is 0.271. The highest BCUT2D eigenvalue weighted by Gasteiger charge is 2.09. The van der Waals surface area contributed by atoms with Crippen molar-refractivity contribution in [3.63, 3.8) is 0 Å². The number of aliphatic imine (C=N–C) groups is 1. The number of guanidine groups is 1. The van der Waals surface area contributed by atoms with Gasteiger partial charge in [0, 0.05) is 20.6 Å². The van der Waals surface area contributed by atoms with E-state index >= 15 is 0 Å². The number of benzene rings is 1. The van der Waals surface area contributed by atoms with Crippen LogP contribution in [0.1, 0.15) is 45.2 Å². The van der Waals surface area contributed by atoms with E-state index in [1.807, 2.05) is 18.2 Å². The molecular formula is C19H33IN4O. The number of amides is 1. The Kier molecular flexibility index (Phi) is 12.3. The number of halogens is 1. The molecule has 1 aromatic carbocycles. The van der Waals surface area contributed by atoms with Crippen LogP contribution in [0.4, 0.5) is 0 Å². The van der Waals surface area contributed by atoms with Gasteiger partial charge in [-0.05, 0) is 31.2 Å². The van der Waals surface area contributed by atoms with Gasteiger partial charge in [-0.25, -0.2) is 4.99 Å². The predicted octanol–water partition coefficient (Wildman–Crippen LogP) is 3.43. The van der Waals surface area contributed by atoms with Crippen molar-refractivity contribution in [2.24, 2.45) is 10.9 Å². The summed E-state index contributed by atoms with van der Waals surface area (Å²) < 4.78 is 0. The number of hydrogen-bond donors (Lipinski definition) is 2. The van der Waals surface area contributed by atoms with E-state index in [9.17, 15) is 4.79 Å². The molecule has 0 heterocycles. The van der Waals surface area contributed by atoms with Crippen molar-refractivity contribution < 1.29 is 4.79 Å². The highest BCUT2D eigenvalue weighted by Crippen LogP contribution is 2.10. The van der Waals surface area contributed by atoms with Gasteiger partial charge in [-0.1, -0.05) is 44.2 Å². The summed E-state index contributed by atoms with van der Waals surface area (Å²) in [4.78, 5) is 17.8. The highest BCUT2D eigenvalue weighted by molar-refractivity contribution is 14.0. The number of likely N-dealkylation sites (N-methyl/N-ethyl adjacent to an activating group) is 1. The van der Waals surface area contributed by atoms with Crippen LogP contribution in [0.3, 0.4) is 0 Å². The zero-order chi connectivity index (χ0) is 17.9. The summed E-state index contributed by atoms with van der Waals surface area (Å²) in [5, 5.41) is 6.72. The van der Waals surface area contributed by atoms with Crippen LogP contribution in [0.5, 0.6) is 0 Å². The van der Waals surface area contributed by atoms with Gasteiger partial charge in [0.2, 0.25) is 5.91 Å². The molecule has 1 rings (SSSR count). The van der Waals surface area contributed by atoms with E-state index in [4.69, 9.17) is 0 Å². The van der Waals surface area contributed by atoms with Crippen LogP contribution in [0, 0.1) is 5.92 Å². The molecule has 0 fully saturated rings. The Morgan fingerprint density at radius 1 is 1.16 bits per heavy atom. The second-order valence-corrected chi connectivity index (χ2v) is 6.69. The van der Waals surface area contributed by atoms with Gasteiger partial charge in [0.1, 0.15) is 6.54 Å². The molecule has 0 saturated heterocycles. The Morgan fingerprint density at radius 2 is 1.80 bits per heavy atom. The lowest BCUT2D eigenvalue weighted by atomic mass is 10.1. The molecule has 0 bridgehead atoms. The molecule has 2 N–H and O–H groups in total. The van der Waals surface area contributed by atoms with Crippen molar-refractivity contribution in [1.29, 1.82) is 0 Å². The van der Waals surface area contributed by atoms with Crippen molar-refractivity contribution in [2.75, 3.05) is 27.2 Å². The predicted molar refractivity (Wildman–Crippen MR) is 116 cm³/mol. The van der Waals surface area contributed by atoms with E-state index in [1.54, 1.807) is 19.0 Å². The maximum atomic E-state index is 11.8. The van der Waals surface area contributed by atoms with Gasteiger partial charge < -0.3 is 15.5 Å². The molecule has 0 radical (unpaired) electrons. The molecule has 0 aliphatic rings. The summed E-state index contributed by atoms with van der Waals surface area (Å²) in [6.07, 6.45) is 2.25. The first-order valence-corrected chi connectivity index (χ1v) is 8.70. The van der Waals surface area contributed by atoms with E-state index < -0.39 is 0 Å². The second-order valence-electron chi connectivity index (χ2n) is 6.69. The topological polar surface area (TPSA) is 56.7 Å². The molecule has 0 aromatic heterocycles. The summed E-state index contributed by atoms with van der Waals surface area (Å²) in [6.45, 7) is 7.53. The lowest BCUT2D eigenvalue weighted by Crippen LogP contribution is -2.40. The lowest BCUT2D eigenvalue weighted by Gasteiger charge is -2.19. The number of rotatable bonds is 8. The highest BCUT2D eigenvalue weighted by atomic mass is 127. The molecule has 0 aliphatic heterocycles. The smallest absolute Gasteiger partial charge is 0.243 e. The minimum atomic E-state index is -0.00866. The van der Waals surface area contributed by atoms with Crippen molar-refractivity contribution in [2.45, 2.75) is 39.7 Å². The van der Waals surface area contributed by atoms with Gasteiger partial charge in [-0.2, -0.15) is 0 Å². The van der Waals surface area contributed by atoms with Gasteiger partial charge in [-0.15, -0.1) is 24.0 Å². The average Bonchev–Trinajstić information content (AvgIpc) is 2.56. The zero-order valence-electron chi connectivity index (χ0n) is 16.1. The maximum absolute atomic E-state index is 11.8. The standard InChI is InChI=1S/C19H32N4O.HI/c1-15(2)10-9-13-20-19(21-14-18(24)23(4)5)22-16(3)17-11-7-6-8-12-17;/h6-8,11-12,15-16H,9-10,13-14H2,1-5H3,(H2,20,21,22);1H. The summed E-state index contributed by atoms with van der Waals surface area (Å²) in [5.41, 5.74) is 1.19. The molecule has 25 heavy (non-hydrogen) atoms. The van der Waals surface area contributed by atoms with E-state index in [1.165, 1.54) is 12.0 Å². The van der Waals surface area contributed by atoms with Gasteiger partial charge in [-0.3, -0.25) is 4.79 Å². The van der Waals surface area contributed by atoms with Crippen molar-refractivity contribution in [3.8, 4) is 0 Å². The lowest BCUT2D eigenvalue weighted by molar-refractivity contribution is -0.127. The van der Waals surface area contributed by atoms with Crippen LogP contribution in [0.25, 0.3) is 0 Å². The summed E-state index contributed by atoms with van der Waals surface area (Å²) in [5.74, 6) is 1.37. The Hall–Kier alpha value is -1.31. The molecular weight excluding hydrogens is 427 g/mol. The van der Waals surface area contributed by atoms with Gasteiger partial charge in [0.15, 0.2) is 5.96 Å². The SMILES string of the molecule is CC(C)CCCNC(=NCC(=O)N(C)C)NC(C)c1ccccc1.I. The van der Waals surface area contributed by atoms with Crippen LogP contribution < -0.4 is 10.6 Å². The molecule has 1 aromatic rings. The number of carbonyl (C=O) groups is 1. The molecule has 5 nitrogen and oxygen atoms in total. The summed E-state index contributed by atoms with van der Waals surface area (Å²) >= 11 is 0. The third-order valence-electron chi connectivity index (χ3n) is 3.77. The van der Waals surface area contributed by atoms with E-state index in [2.05, 4.69) is 48.5 Å². The van der Waals surface area contributed by atoms with E-state index in [0.717, 1.165) is 13.0 Å². The summed E-state index contributed by atoms with van der Waals surface area (Å²) in [6, 6.07) is 10.3. The minimum Gasteiger partial charge on any atom is -0.356 e. The summed E-state index contributed by atoms with van der Waals surface area (Å²) in [7, 11) is 3.49. The van der Waals surface area contributed by atoms with Crippen LogP contribution in [-0.2, 0) is 4.79 Å². The van der Waals surface area contributed by atoms with Crippen LogP contribution in [-0.4, -0.2) is 44.0 Å². The fourth-order valence-electron chi connectivity index (χ4n) is 2.19. The molecule has 0 spiro atoms. The Labute approximate surface area is 169 Å². The molecule has 1 atom stereocenters. The number of nitrogens with zero attached hydrogens (tertiary/aromatic N) is 2. The molecule has 1 unspecified atom stereocenters. The minimum absolute atomic E-state index is 0. The first-order chi connectivity index (χ1) is 11.4. The van der Waals surface area contributed by atoms with E-state index in [0.29, 0.717) is 11.9 Å². The monoisotopic (exact) mass is 460 g/mol. The van der Waals surface area contributed by atoms with Crippen LogP contribution in [0.15, 0.2) is 35.3 Å². The molecule has 6 heteroatoms. The second kappa shape index (κ2) is 13.0. The molecule has 0 saturated carbocycles. The Morgan fingerprint density at radius 3 is 2.36 bits per heavy atom. The van der Waals surface area contributed by atoms with Crippen molar-refractivity contribution in [1.82, 2.24) is 15.5 Å². The largest absolute Gasteiger partial charge is 0.356 e. The Bertz CT molecular complexity index is 517. The van der Waals surface area contributed by atoms with Gasteiger partial charge >= 0.3 is 0 Å². The van der Waals surface area contributed by atoms with Crippen LogP contribution >= 0.6 is 24.0 Å². The van der Waals surface area contributed by atoms with E-state index in [-0.39, 0.29) is 42.5 Å². The third kappa shape index (κ3) is 10.3. The number of hydrogen-bond acceptors (Lipinski definition) is 2. The molecule has 1 amide bonds. The number of nitrogens with one attached hydrogen (secondary N) is 2. The average molecular weight is 460 g/mol. The van der Waals surface area contributed by atoms with Crippen LogP contribution in [0.2, 0.25) is 0 Å². The van der Waals surface area contributed by atoms with Crippen molar-refractivity contribution >= 4 is 35.8 Å². The first kappa shape index (κ1) is 23.7. The molecule has 142 valence electrons. The normalized spacial score (nSPS) is 12.3. The fourth-order valence-corrected chi connectivity index (χ4v) is 2.19. The van der Waals surface area contributed by atoms with Crippen molar-refractivity contribution in [3.05, 3.63) is 35.9 Å². The van der Waals surface area contributed by atoms with Gasteiger partial charge in [0.05, 0.1) is 6.04 Å².